The van der Waals surface area contributed by atoms with E-state index in [1.165, 1.54) is 11.1 Å². The first-order valence-electron chi connectivity index (χ1n) is 8.64. The molecule has 0 unspecified atom stereocenters. The van der Waals surface area contributed by atoms with Gasteiger partial charge in [-0.15, -0.1) is 24.0 Å². The van der Waals surface area contributed by atoms with Crippen LogP contribution in [0.3, 0.4) is 0 Å². The van der Waals surface area contributed by atoms with Crippen molar-refractivity contribution in [2.75, 3.05) is 32.0 Å². The van der Waals surface area contributed by atoms with E-state index in [1.54, 1.807) is 7.05 Å². The second-order valence-electron chi connectivity index (χ2n) is 6.10. The summed E-state index contributed by atoms with van der Waals surface area (Å²) in [4.78, 5) is 13.7. The third-order valence-electron chi connectivity index (χ3n) is 4.28. The van der Waals surface area contributed by atoms with Crippen LogP contribution in [0.2, 0.25) is 0 Å². The number of benzene rings is 1. The number of nitrogens with zero attached hydrogens (tertiary/aromatic N) is 4. The molecule has 0 saturated carbocycles. The van der Waals surface area contributed by atoms with Crippen LogP contribution >= 0.6 is 24.0 Å². The van der Waals surface area contributed by atoms with Crippen molar-refractivity contribution in [2.45, 2.75) is 19.1 Å². The summed E-state index contributed by atoms with van der Waals surface area (Å²) in [5.74, 6) is 0.713. The fraction of sp³-hybridized carbons (Fsp3) is 0.389. The van der Waals surface area contributed by atoms with Crippen molar-refractivity contribution in [3.8, 4) is 0 Å². The first-order chi connectivity index (χ1) is 13.0. The second-order valence-corrected chi connectivity index (χ2v) is 6.10. The first kappa shape index (κ1) is 22.2. The van der Waals surface area contributed by atoms with Gasteiger partial charge in [0.15, 0.2) is 5.96 Å². The average Bonchev–Trinajstić information content (AvgIpc) is 2.67. The molecule has 0 saturated heterocycles. The fourth-order valence-electron chi connectivity index (χ4n) is 2.96. The Labute approximate surface area is 178 Å². The van der Waals surface area contributed by atoms with Crippen LogP contribution in [0.4, 0.5) is 19.1 Å². The molecule has 2 heterocycles. The van der Waals surface area contributed by atoms with Gasteiger partial charge in [0.25, 0.3) is 0 Å². The van der Waals surface area contributed by atoms with Gasteiger partial charge in [0.05, 0.1) is 0 Å². The van der Waals surface area contributed by atoms with E-state index in [-0.39, 0.29) is 29.9 Å². The number of fused-ring (bicyclic) bond motifs is 1. The Morgan fingerprint density at radius 1 is 1.18 bits per heavy atom. The summed E-state index contributed by atoms with van der Waals surface area (Å²) in [6, 6.07) is 9.17. The van der Waals surface area contributed by atoms with Gasteiger partial charge in [0, 0.05) is 39.4 Å². The molecule has 1 aliphatic heterocycles. The number of anilines is 1. The molecule has 1 aromatic heterocycles. The van der Waals surface area contributed by atoms with Gasteiger partial charge >= 0.3 is 6.18 Å². The van der Waals surface area contributed by atoms with Crippen LogP contribution in [0.5, 0.6) is 0 Å². The lowest BCUT2D eigenvalue weighted by Gasteiger charge is -2.31. The number of rotatable bonds is 4. The van der Waals surface area contributed by atoms with E-state index in [0.717, 1.165) is 37.7 Å². The van der Waals surface area contributed by atoms with E-state index in [2.05, 4.69) is 42.6 Å². The van der Waals surface area contributed by atoms with Crippen molar-refractivity contribution in [3.63, 3.8) is 0 Å². The van der Waals surface area contributed by atoms with E-state index in [4.69, 9.17) is 0 Å². The van der Waals surface area contributed by atoms with Crippen LogP contribution in [0.1, 0.15) is 16.8 Å². The lowest BCUT2D eigenvalue weighted by atomic mass is 10.0. The lowest BCUT2D eigenvalue weighted by molar-refractivity contribution is -0.141. The standard InChI is InChI=1S/C18H21F3N6.HI/c1-22-17(27-11-7-13-4-2-3-5-14(13)12-27)25-10-9-24-16-23-8-6-15(26-16)18(19,20)21;/h2-6,8H,7,9-12H2,1H3,(H,22,25)(H,23,24,26);1H. The summed E-state index contributed by atoms with van der Waals surface area (Å²) in [6.45, 7) is 2.48. The predicted molar refractivity (Wildman–Crippen MR) is 113 cm³/mol. The van der Waals surface area contributed by atoms with Crippen molar-refractivity contribution in [1.29, 1.82) is 0 Å². The van der Waals surface area contributed by atoms with Crippen LogP contribution in [-0.2, 0) is 19.1 Å². The van der Waals surface area contributed by atoms with Crippen molar-refractivity contribution in [3.05, 3.63) is 53.3 Å². The maximum Gasteiger partial charge on any atom is 0.433 e. The minimum absolute atomic E-state index is 0. The molecule has 1 aromatic carbocycles. The van der Waals surface area contributed by atoms with E-state index in [1.807, 2.05) is 12.1 Å². The minimum atomic E-state index is -4.48. The Bertz CT molecular complexity index is 812. The van der Waals surface area contributed by atoms with Gasteiger partial charge in [-0.3, -0.25) is 4.99 Å². The number of hydrogen-bond donors (Lipinski definition) is 2. The zero-order valence-electron chi connectivity index (χ0n) is 15.3. The zero-order chi connectivity index (χ0) is 19.3. The van der Waals surface area contributed by atoms with Crippen LogP contribution in [0.15, 0.2) is 41.5 Å². The van der Waals surface area contributed by atoms with Crippen molar-refractivity contribution < 1.29 is 13.2 Å². The summed E-state index contributed by atoms with van der Waals surface area (Å²) in [5.41, 5.74) is 1.67. The maximum absolute atomic E-state index is 12.7. The van der Waals surface area contributed by atoms with Gasteiger partial charge in [-0.2, -0.15) is 13.2 Å². The van der Waals surface area contributed by atoms with Gasteiger partial charge in [0.2, 0.25) is 5.95 Å². The topological polar surface area (TPSA) is 65.4 Å². The molecule has 0 amide bonds. The summed E-state index contributed by atoms with van der Waals surface area (Å²) in [7, 11) is 1.71. The smallest absolute Gasteiger partial charge is 0.354 e. The van der Waals surface area contributed by atoms with E-state index >= 15 is 0 Å². The highest BCUT2D eigenvalue weighted by atomic mass is 127. The second kappa shape index (κ2) is 9.89. The van der Waals surface area contributed by atoms with Gasteiger partial charge in [-0.1, -0.05) is 24.3 Å². The summed E-state index contributed by atoms with van der Waals surface area (Å²) < 4.78 is 38.0. The molecule has 6 nitrogen and oxygen atoms in total. The summed E-state index contributed by atoms with van der Waals surface area (Å²) in [6.07, 6.45) is -2.44. The molecule has 2 aromatic rings. The number of alkyl halides is 3. The lowest BCUT2D eigenvalue weighted by Crippen LogP contribution is -2.45. The Balaban J connectivity index is 0.00000280. The minimum Gasteiger partial charge on any atom is -0.354 e. The largest absolute Gasteiger partial charge is 0.433 e. The SMILES string of the molecule is CN=C(NCCNc1nccc(C(F)(F)F)n1)N1CCc2ccccc2C1.I. The highest BCUT2D eigenvalue weighted by molar-refractivity contribution is 14.0. The van der Waals surface area contributed by atoms with Gasteiger partial charge < -0.3 is 15.5 Å². The Hall–Kier alpha value is -2.11. The Morgan fingerprint density at radius 2 is 1.93 bits per heavy atom. The average molecular weight is 506 g/mol. The highest BCUT2D eigenvalue weighted by Crippen LogP contribution is 2.27. The third kappa shape index (κ3) is 5.69. The predicted octanol–water partition coefficient (Wildman–Crippen LogP) is 3.16. The van der Waals surface area contributed by atoms with Crippen molar-refractivity contribution in [2.24, 2.45) is 4.99 Å². The molecule has 10 heteroatoms. The van der Waals surface area contributed by atoms with Gasteiger partial charge in [-0.25, -0.2) is 9.97 Å². The molecule has 152 valence electrons. The van der Waals surface area contributed by atoms with E-state index < -0.39 is 11.9 Å². The summed E-state index contributed by atoms with van der Waals surface area (Å²) in [5, 5.41) is 6.02. The Morgan fingerprint density at radius 3 is 2.64 bits per heavy atom. The number of halogens is 4. The molecule has 0 bridgehead atoms. The van der Waals surface area contributed by atoms with Crippen LogP contribution in [0, 0.1) is 0 Å². The number of guanidine groups is 1. The summed E-state index contributed by atoms with van der Waals surface area (Å²) >= 11 is 0. The molecular weight excluding hydrogens is 484 g/mol. The quantitative estimate of drug-likeness (QED) is 0.289. The van der Waals surface area contributed by atoms with Crippen LogP contribution in [-0.4, -0.2) is 47.5 Å². The van der Waals surface area contributed by atoms with Crippen LogP contribution < -0.4 is 10.6 Å². The molecule has 3 rings (SSSR count). The zero-order valence-corrected chi connectivity index (χ0v) is 17.7. The van der Waals surface area contributed by atoms with Gasteiger partial charge in [-0.05, 0) is 23.6 Å². The number of aliphatic imine (C=N–C) groups is 1. The van der Waals surface area contributed by atoms with Crippen LogP contribution in [0.25, 0.3) is 0 Å². The fourth-order valence-corrected chi connectivity index (χ4v) is 2.96. The molecule has 1 aliphatic rings. The number of nitrogens with one attached hydrogen (secondary N) is 2. The molecule has 0 radical (unpaired) electrons. The molecular formula is C18H22F3IN6. The maximum atomic E-state index is 12.7. The van der Waals surface area contributed by atoms with Crippen molar-refractivity contribution in [1.82, 2.24) is 20.2 Å². The molecule has 0 spiro atoms. The first-order valence-corrected chi connectivity index (χ1v) is 8.64. The van der Waals surface area contributed by atoms with E-state index in [0.29, 0.717) is 13.1 Å². The number of hydrogen-bond acceptors (Lipinski definition) is 4. The molecule has 0 atom stereocenters. The number of aromatic nitrogens is 2. The molecule has 0 aliphatic carbocycles. The molecule has 28 heavy (non-hydrogen) atoms. The molecule has 2 N–H and O–H groups in total. The van der Waals surface area contributed by atoms with Crippen molar-refractivity contribution >= 4 is 35.9 Å². The third-order valence-corrected chi connectivity index (χ3v) is 4.28. The van der Waals surface area contributed by atoms with Gasteiger partial charge in [0.1, 0.15) is 5.69 Å². The monoisotopic (exact) mass is 506 g/mol. The Kier molecular flexibility index (Phi) is 7.84. The highest BCUT2D eigenvalue weighted by Gasteiger charge is 2.32. The normalized spacial score (nSPS) is 14.1. The van der Waals surface area contributed by atoms with E-state index in [9.17, 15) is 13.2 Å². The molecule has 0 fully saturated rings.